The summed E-state index contributed by atoms with van der Waals surface area (Å²) >= 11 is 0. The van der Waals surface area contributed by atoms with Crippen molar-refractivity contribution in [2.24, 2.45) is 11.5 Å². The third-order valence-electron chi connectivity index (χ3n) is 6.10. The van der Waals surface area contributed by atoms with Gasteiger partial charge in [0.2, 0.25) is 16.0 Å². The first kappa shape index (κ1) is 22.4. The molecule has 1 saturated carbocycles. The van der Waals surface area contributed by atoms with Crippen molar-refractivity contribution in [3.05, 3.63) is 41.1 Å². The van der Waals surface area contributed by atoms with Gasteiger partial charge < -0.3 is 22.1 Å². The normalized spacial score (nSPS) is 21.6. The van der Waals surface area contributed by atoms with Crippen molar-refractivity contribution >= 4 is 33.4 Å². The topological polar surface area (TPSA) is 156 Å². The van der Waals surface area contributed by atoms with Gasteiger partial charge in [-0.25, -0.2) is 13.4 Å². The van der Waals surface area contributed by atoms with Crippen LogP contribution in [0.15, 0.2) is 24.4 Å². The molecule has 0 bridgehead atoms. The molecular formula is C21H29N7O3S. The van der Waals surface area contributed by atoms with E-state index in [-0.39, 0.29) is 23.5 Å². The van der Waals surface area contributed by atoms with E-state index in [4.69, 9.17) is 11.5 Å². The molecule has 2 aliphatic rings. The van der Waals surface area contributed by atoms with E-state index in [2.05, 4.69) is 20.6 Å². The van der Waals surface area contributed by atoms with Gasteiger partial charge in [-0.3, -0.25) is 4.79 Å². The minimum atomic E-state index is -3.27. The highest BCUT2D eigenvalue weighted by Gasteiger charge is 2.25. The van der Waals surface area contributed by atoms with Crippen LogP contribution in [-0.2, 0) is 23.0 Å². The van der Waals surface area contributed by atoms with E-state index in [1.54, 1.807) is 0 Å². The molecule has 1 aliphatic heterocycles. The lowest BCUT2D eigenvalue weighted by atomic mass is 9.91. The number of fused-ring (bicyclic) bond motifs is 1. The Morgan fingerprint density at radius 2 is 2.00 bits per heavy atom. The molecule has 2 unspecified atom stereocenters. The Kier molecular flexibility index (Phi) is 6.31. The molecule has 172 valence electrons. The van der Waals surface area contributed by atoms with E-state index in [1.165, 1.54) is 16.8 Å². The second-order valence-corrected chi connectivity index (χ2v) is 10.5. The van der Waals surface area contributed by atoms with E-state index in [0.717, 1.165) is 36.8 Å². The number of sulfonamides is 1. The van der Waals surface area contributed by atoms with Gasteiger partial charge in [0.1, 0.15) is 11.4 Å². The number of hydrogen-bond donors (Lipinski definition) is 4. The third kappa shape index (κ3) is 5.00. The number of nitrogens with zero attached hydrogens (tertiary/aromatic N) is 3. The number of rotatable bonds is 6. The van der Waals surface area contributed by atoms with Crippen molar-refractivity contribution in [2.75, 3.05) is 23.4 Å². The predicted molar refractivity (Wildman–Crippen MR) is 123 cm³/mol. The Balaban J connectivity index is 1.58. The van der Waals surface area contributed by atoms with Crippen LogP contribution in [0, 0.1) is 0 Å². The lowest BCUT2D eigenvalue weighted by molar-refractivity contribution is 0.100. The average molecular weight is 460 g/mol. The molecule has 10 nitrogen and oxygen atoms in total. The maximum absolute atomic E-state index is 11.9. The van der Waals surface area contributed by atoms with Gasteiger partial charge >= 0.3 is 0 Å². The molecule has 4 rings (SSSR count). The zero-order chi connectivity index (χ0) is 22.9. The molecule has 1 aromatic heterocycles. The summed E-state index contributed by atoms with van der Waals surface area (Å²) in [5.41, 5.74) is 14.6. The predicted octanol–water partition coefficient (Wildman–Crippen LogP) is 1.32. The standard InChI is InChI=1S/C21H29N7O3S/c1-32(30,31)28-9-8-13-6-7-15(10-14(13)12-28)25-20-16(19(23)29)11-24-21(27-20)26-18-5-3-2-4-17(18)22/h6-7,10-11,17-18H,2-5,8-9,12,22H2,1H3,(H2,23,29)(H2,24,25,26,27). The molecule has 2 atom stereocenters. The maximum Gasteiger partial charge on any atom is 0.254 e. The van der Waals surface area contributed by atoms with Gasteiger partial charge in [0.15, 0.2) is 0 Å². The van der Waals surface area contributed by atoms with Gasteiger partial charge in [-0.05, 0) is 42.5 Å². The van der Waals surface area contributed by atoms with Crippen LogP contribution in [0.25, 0.3) is 0 Å². The number of carbonyl (C=O) groups is 1. The van der Waals surface area contributed by atoms with Crippen LogP contribution >= 0.6 is 0 Å². The molecule has 2 heterocycles. The van der Waals surface area contributed by atoms with Gasteiger partial charge in [0, 0.05) is 37.1 Å². The van der Waals surface area contributed by atoms with Gasteiger partial charge in [0.05, 0.1) is 6.26 Å². The highest BCUT2D eigenvalue weighted by molar-refractivity contribution is 7.88. The fourth-order valence-electron chi connectivity index (χ4n) is 4.26. The summed E-state index contributed by atoms with van der Waals surface area (Å²) in [7, 11) is -3.27. The van der Waals surface area contributed by atoms with Crippen molar-refractivity contribution in [2.45, 2.75) is 50.7 Å². The summed E-state index contributed by atoms with van der Waals surface area (Å²) in [6, 6.07) is 5.82. The quantitative estimate of drug-likeness (QED) is 0.504. The molecule has 1 fully saturated rings. The van der Waals surface area contributed by atoms with Crippen molar-refractivity contribution in [1.82, 2.24) is 14.3 Å². The Hall–Kier alpha value is -2.76. The first-order valence-electron chi connectivity index (χ1n) is 10.7. The van der Waals surface area contributed by atoms with E-state index >= 15 is 0 Å². The molecule has 6 N–H and O–H groups in total. The molecule has 0 spiro atoms. The zero-order valence-electron chi connectivity index (χ0n) is 18.0. The molecule has 1 aliphatic carbocycles. The first-order chi connectivity index (χ1) is 15.2. The van der Waals surface area contributed by atoms with E-state index in [9.17, 15) is 13.2 Å². The van der Waals surface area contributed by atoms with Crippen LogP contribution in [0.1, 0.15) is 47.2 Å². The smallest absolute Gasteiger partial charge is 0.254 e. The number of nitrogens with two attached hydrogens (primary N) is 2. The molecular weight excluding hydrogens is 430 g/mol. The first-order valence-corrected chi connectivity index (χ1v) is 12.6. The monoisotopic (exact) mass is 459 g/mol. The Labute approximate surface area is 187 Å². The zero-order valence-corrected chi connectivity index (χ0v) is 18.9. The van der Waals surface area contributed by atoms with Gasteiger partial charge in [0.25, 0.3) is 5.91 Å². The minimum absolute atomic E-state index is 0.0259. The molecule has 0 saturated heterocycles. The number of amides is 1. The fourth-order valence-corrected chi connectivity index (χ4v) is 5.06. The molecule has 1 aromatic carbocycles. The summed E-state index contributed by atoms with van der Waals surface area (Å²) in [6.45, 7) is 0.775. The summed E-state index contributed by atoms with van der Waals surface area (Å²) < 4.78 is 25.3. The van der Waals surface area contributed by atoms with Crippen LogP contribution in [0.3, 0.4) is 0 Å². The second-order valence-electron chi connectivity index (χ2n) is 8.47. The van der Waals surface area contributed by atoms with Crippen LogP contribution in [-0.4, -0.2) is 53.5 Å². The number of primary amides is 1. The lowest BCUT2D eigenvalue weighted by Gasteiger charge is -2.29. The number of carbonyl (C=O) groups excluding carboxylic acids is 1. The highest BCUT2D eigenvalue weighted by Crippen LogP contribution is 2.27. The highest BCUT2D eigenvalue weighted by atomic mass is 32.2. The van der Waals surface area contributed by atoms with Gasteiger partial charge in [-0.2, -0.15) is 9.29 Å². The van der Waals surface area contributed by atoms with Crippen LogP contribution in [0.5, 0.6) is 0 Å². The van der Waals surface area contributed by atoms with Crippen LogP contribution < -0.4 is 22.1 Å². The van der Waals surface area contributed by atoms with Crippen molar-refractivity contribution in [3.8, 4) is 0 Å². The molecule has 0 radical (unpaired) electrons. The minimum Gasteiger partial charge on any atom is -0.365 e. The number of hydrogen-bond acceptors (Lipinski definition) is 8. The summed E-state index contributed by atoms with van der Waals surface area (Å²) in [4.78, 5) is 20.7. The maximum atomic E-state index is 11.9. The molecule has 32 heavy (non-hydrogen) atoms. The Morgan fingerprint density at radius 1 is 1.22 bits per heavy atom. The largest absolute Gasteiger partial charge is 0.365 e. The SMILES string of the molecule is CS(=O)(=O)N1CCc2ccc(Nc3nc(NC4CCCCC4N)ncc3C(N)=O)cc2C1. The third-order valence-corrected chi connectivity index (χ3v) is 7.35. The van der Waals surface area contributed by atoms with E-state index in [0.29, 0.717) is 31.1 Å². The fraction of sp³-hybridized carbons (Fsp3) is 0.476. The van der Waals surface area contributed by atoms with Crippen LogP contribution in [0.2, 0.25) is 0 Å². The van der Waals surface area contributed by atoms with Crippen molar-refractivity contribution in [3.63, 3.8) is 0 Å². The van der Waals surface area contributed by atoms with Crippen molar-refractivity contribution in [1.29, 1.82) is 0 Å². The summed E-state index contributed by atoms with van der Waals surface area (Å²) in [6.07, 6.45) is 7.36. The van der Waals surface area contributed by atoms with Crippen LogP contribution in [0.4, 0.5) is 17.5 Å². The molecule has 1 amide bonds. The number of aromatic nitrogens is 2. The van der Waals surface area contributed by atoms with Gasteiger partial charge in [-0.15, -0.1) is 0 Å². The number of benzene rings is 1. The summed E-state index contributed by atoms with van der Waals surface area (Å²) in [5.74, 6) is 0.0193. The molecule has 11 heteroatoms. The Morgan fingerprint density at radius 3 is 2.72 bits per heavy atom. The average Bonchev–Trinajstić information content (AvgIpc) is 2.74. The van der Waals surface area contributed by atoms with E-state index in [1.807, 2.05) is 18.2 Å². The summed E-state index contributed by atoms with van der Waals surface area (Å²) in [5, 5.41) is 6.44. The Bertz CT molecular complexity index is 1120. The lowest BCUT2D eigenvalue weighted by Crippen LogP contribution is -2.43. The van der Waals surface area contributed by atoms with Crippen molar-refractivity contribution < 1.29 is 13.2 Å². The van der Waals surface area contributed by atoms with E-state index < -0.39 is 15.9 Å². The van der Waals surface area contributed by atoms with Gasteiger partial charge in [-0.1, -0.05) is 18.9 Å². The molecule has 2 aromatic rings. The number of nitrogens with one attached hydrogen (secondary N) is 2. The second kappa shape index (κ2) is 9.00. The number of anilines is 3.